The van der Waals surface area contributed by atoms with Crippen molar-refractivity contribution >= 4 is 11.9 Å². The second kappa shape index (κ2) is 8.43. The van der Waals surface area contributed by atoms with Gasteiger partial charge < -0.3 is 24.3 Å². The van der Waals surface area contributed by atoms with E-state index in [9.17, 15) is 9.59 Å². The molecule has 1 aliphatic rings. The van der Waals surface area contributed by atoms with Gasteiger partial charge in [0, 0.05) is 12.5 Å². The van der Waals surface area contributed by atoms with E-state index >= 15 is 0 Å². The van der Waals surface area contributed by atoms with E-state index in [-0.39, 0.29) is 11.9 Å². The van der Waals surface area contributed by atoms with E-state index in [1.807, 2.05) is 12.1 Å². The number of fused-ring (bicyclic) bond motifs is 3. The molecule has 0 aromatic heterocycles. The molecular formula is C22H25NO6. The lowest BCUT2D eigenvalue weighted by atomic mass is 9.92. The van der Waals surface area contributed by atoms with Gasteiger partial charge in [0.2, 0.25) is 11.7 Å². The number of hydrogen-bond donors (Lipinski definition) is 1. The maximum atomic E-state index is 12.2. The molecule has 1 amide bonds. The van der Waals surface area contributed by atoms with Crippen LogP contribution in [0.15, 0.2) is 24.3 Å². The topological polar surface area (TPSA) is 83.1 Å². The molecule has 0 bridgehead atoms. The Morgan fingerprint density at radius 1 is 1.00 bits per heavy atom. The Bertz CT molecular complexity index is 953. The van der Waals surface area contributed by atoms with Crippen LogP contribution in [0.3, 0.4) is 0 Å². The molecule has 3 rings (SSSR count). The summed E-state index contributed by atoms with van der Waals surface area (Å²) >= 11 is 0. The third-order valence-corrected chi connectivity index (χ3v) is 5.11. The number of ether oxygens (including phenoxy) is 4. The molecule has 0 heterocycles. The maximum Gasteiger partial charge on any atom is 0.337 e. The van der Waals surface area contributed by atoms with E-state index in [1.165, 1.54) is 14.0 Å². The van der Waals surface area contributed by atoms with Gasteiger partial charge in [-0.25, -0.2) is 4.79 Å². The lowest BCUT2D eigenvalue weighted by Gasteiger charge is -2.21. The highest BCUT2D eigenvalue weighted by atomic mass is 16.5. The second-order valence-corrected chi connectivity index (χ2v) is 6.76. The van der Waals surface area contributed by atoms with Gasteiger partial charge in [-0.15, -0.1) is 0 Å². The predicted octanol–water partition coefficient (Wildman–Crippen LogP) is 3.29. The van der Waals surface area contributed by atoms with E-state index in [4.69, 9.17) is 18.9 Å². The van der Waals surface area contributed by atoms with Crippen LogP contribution in [0, 0.1) is 0 Å². The molecule has 0 unspecified atom stereocenters. The Morgan fingerprint density at radius 3 is 2.31 bits per heavy atom. The first-order valence-corrected chi connectivity index (χ1v) is 9.26. The molecule has 0 radical (unpaired) electrons. The monoisotopic (exact) mass is 399 g/mol. The summed E-state index contributed by atoms with van der Waals surface area (Å²) in [5.74, 6) is 1.00. The van der Waals surface area contributed by atoms with E-state index < -0.39 is 5.97 Å². The third-order valence-electron chi connectivity index (χ3n) is 5.11. The van der Waals surface area contributed by atoms with Crippen molar-refractivity contribution in [1.29, 1.82) is 0 Å². The first-order valence-electron chi connectivity index (χ1n) is 9.26. The van der Waals surface area contributed by atoms with Crippen LogP contribution < -0.4 is 19.5 Å². The Labute approximate surface area is 169 Å². The fraction of sp³-hybridized carbons (Fsp3) is 0.364. The van der Waals surface area contributed by atoms with Crippen LogP contribution in [0.4, 0.5) is 0 Å². The third kappa shape index (κ3) is 3.72. The molecule has 1 atom stereocenters. The fourth-order valence-corrected chi connectivity index (χ4v) is 3.87. The summed E-state index contributed by atoms with van der Waals surface area (Å²) in [7, 11) is 6.04. The summed E-state index contributed by atoms with van der Waals surface area (Å²) in [5, 5.41) is 3.01. The van der Waals surface area contributed by atoms with Crippen molar-refractivity contribution in [2.45, 2.75) is 25.8 Å². The van der Waals surface area contributed by atoms with Gasteiger partial charge in [-0.1, -0.05) is 6.07 Å². The first kappa shape index (κ1) is 20.5. The van der Waals surface area contributed by atoms with Crippen LogP contribution >= 0.6 is 0 Å². The number of amides is 1. The molecule has 2 aromatic rings. The number of methoxy groups -OCH3 is 4. The van der Waals surface area contributed by atoms with Crippen molar-refractivity contribution in [3.63, 3.8) is 0 Å². The number of benzene rings is 2. The zero-order valence-corrected chi connectivity index (χ0v) is 17.3. The van der Waals surface area contributed by atoms with Gasteiger partial charge in [-0.2, -0.15) is 0 Å². The lowest BCUT2D eigenvalue weighted by Crippen LogP contribution is -2.26. The Balaban J connectivity index is 2.34. The van der Waals surface area contributed by atoms with Crippen molar-refractivity contribution in [3.05, 3.63) is 41.0 Å². The highest BCUT2D eigenvalue weighted by Crippen LogP contribution is 2.50. The number of aryl methyl sites for hydroxylation is 1. The average molecular weight is 399 g/mol. The number of rotatable bonds is 5. The number of hydrogen-bond acceptors (Lipinski definition) is 6. The standard InChI is InChI=1S/C22H25NO6/c1-12(24)23-17-9-7-13-11-18(26-2)20(27-3)21(28-4)19(13)16-10-14(22(25)29-5)6-8-15(16)17/h6,8,10-11,17H,7,9H2,1-5H3,(H,23,24)/t17-/m0/s1. The van der Waals surface area contributed by atoms with Crippen molar-refractivity contribution in [3.8, 4) is 28.4 Å². The second-order valence-electron chi connectivity index (χ2n) is 6.76. The van der Waals surface area contributed by atoms with Crippen LogP contribution in [0.1, 0.15) is 40.9 Å². The summed E-state index contributed by atoms with van der Waals surface area (Å²) < 4.78 is 21.7. The number of carbonyl (C=O) groups excluding carboxylic acids is 2. The molecule has 0 saturated heterocycles. The Morgan fingerprint density at radius 2 is 1.72 bits per heavy atom. The lowest BCUT2D eigenvalue weighted by molar-refractivity contribution is -0.119. The van der Waals surface area contributed by atoms with Crippen molar-refractivity contribution in [2.24, 2.45) is 0 Å². The molecule has 0 aliphatic heterocycles. The van der Waals surface area contributed by atoms with Crippen LogP contribution in [0.5, 0.6) is 17.2 Å². The van der Waals surface area contributed by atoms with Gasteiger partial charge in [-0.3, -0.25) is 4.79 Å². The molecule has 154 valence electrons. The molecule has 7 nitrogen and oxygen atoms in total. The average Bonchev–Trinajstić information content (AvgIpc) is 2.87. The first-order chi connectivity index (χ1) is 13.9. The summed E-state index contributed by atoms with van der Waals surface area (Å²) in [6.07, 6.45) is 1.37. The van der Waals surface area contributed by atoms with Crippen molar-refractivity contribution in [1.82, 2.24) is 5.32 Å². The van der Waals surface area contributed by atoms with Crippen LogP contribution in [-0.4, -0.2) is 40.3 Å². The number of carbonyl (C=O) groups is 2. The van der Waals surface area contributed by atoms with E-state index in [2.05, 4.69) is 5.32 Å². The minimum Gasteiger partial charge on any atom is -0.493 e. The van der Waals surface area contributed by atoms with Gasteiger partial charge in [-0.05, 0) is 47.7 Å². The normalized spacial score (nSPS) is 14.7. The number of esters is 1. The van der Waals surface area contributed by atoms with Crippen LogP contribution in [0.2, 0.25) is 0 Å². The van der Waals surface area contributed by atoms with E-state index in [0.717, 1.165) is 22.3 Å². The van der Waals surface area contributed by atoms with Gasteiger partial charge in [0.05, 0.1) is 40.0 Å². The smallest absolute Gasteiger partial charge is 0.337 e. The largest absolute Gasteiger partial charge is 0.493 e. The van der Waals surface area contributed by atoms with Crippen LogP contribution in [-0.2, 0) is 16.0 Å². The molecule has 0 fully saturated rings. The molecule has 0 spiro atoms. The quantitative estimate of drug-likeness (QED) is 0.777. The highest BCUT2D eigenvalue weighted by molar-refractivity contribution is 5.93. The van der Waals surface area contributed by atoms with E-state index in [0.29, 0.717) is 35.7 Å². The molecule has 0 saturated carbocycles. The summed E-state index contributed by atoms with van der Waals surface area (Å²) in [6.45, 7) is 1.49. The molecule has 1 aliphatic carbocycles. The molecule has 29 heavy (non-hydrogen) atoms. The minimum absolute atomic E-state index is 0.119. The molecule has 2 aromatic carbocycles. The Kier molecular flexibility index (Phi) is 5.96. The van der Waals surface area contributed by atoms with Crippen LogP contribution in [0.25, 0.3) is 11.1 Å². The maximum absolute atomic E-state index is 12.2. The van der Waals surface area contributed by atoms with Gasteiger partial charge in [0.1, 0.15) is 0 Å². The van der Waals surface area contributed by atoms with Crippen molar-refractivity contribution < 1.29 is 28.5 Å². The highest BCUT2D eigenvalue weighted by Gasteiger charge is 2.30. The molecular weight excluding hydrogens is 374 g/mol. The minimum atomic E-state index is -0.436. The van der Waals surface area contributed by atoms with Gasteiger partial charge in [0.25, 0.3) is 0 Å². The fourth-order valence-electron chi connectivity index (χ4n) is 3.87. The summed E-state index contributed by atoms with van der Waals surface area (Å²) in [6, 6.07) is 7.05. The zero-order valence-electron chi connectivity index (χ0n) is 17.3. The Hall–Kier alpha value is -3.22. The van der Waals surface area contributed by atoms with Gasteiger partial charge >= 0.3 is 5.97 Å². The molecule has 1 N–H and O–H groups in total. The van der Waals surface area contributed by atoms with Gasteiger partial charge in [0.15, 0.2) is 11.5 Å². The SMILES string of the molecule is COC(=O)c1ccc2c(c1)-c1c(cc(OC)c(OC)c1OC)CC[C@@H]2NC(C)=O. The zero-order chi connectivity index (χ0) is 21.1. The van der Waals surface area contributed by atoms with Crippen molar-refractivity contribution in [2.75, 3.05) is 28.4 Å². The van der Waals surface area contributed by atoms with E-state index in [1.54, 1.807) is 33.5 Å². The predicted molar refractivity (Wildman–Crippen MR) is 108 cm³/mol. The summed E-state index contributed by atoms with van der Waals surface area (Å²) in [5.41, 5.74) is 3.90. The number of nitrogens with one attached hydrogen (secondary N) is 1. The molecule has 7 heteroatoms. The summed E-state index contributed by atoms with van der Waals surface area (Å²) in [4.78, 5) is 24.0.